The van der Waals surface area contributed by atoms with Crippen LogP contribution < -0.4 is 9.47 Å². The third-order valence-corrected chi connectivity index (χ3v) is 2.84. The minimum Gasteiger partial charge on any atom is -0.477 e. The van der Waals surface area contributed by atoms with Crippen LogP contribution in [-0.2, 0) is 16.0 Å². The van der Waals surface area contributed by atoms with Gasteiger partial charge >= 0.3 is 5.97 Å². The summed E-state index contributed by atoms with van der Waals surface area (Å²) in [7, 11) is 1.34. The summed E-state index contributed by atoms with van der Waals surface area (Å²) >= 11 is 2.99. The molecule has 1 aromatic rings. The van der Waals surface area contributed by atoms with Gasteiger partial charge in [0.25, 0.3) is 0 Å². The van der Waals surface area contributed by atoms with Crippen molar-refractivity contribution in [3.05, 3.63) is 23.8 Å². The number of ether oxygens (including phenoxy) is 3. The Morgan fingerprint density at radius 1 is 1.61 bits per heavy atom. The fourth-order valence-corrected chi connectivity index (χ4v) is 1.87. The highest BCUT2D eigenvalue weighted by Crippen LogP contribution is 2.38. The predicted molar refractivity (Wildman–Crippen MR) is 68.8 cm³/mol. The predicted octanol–water partition coefficient (Wildman–Crippen LogP) is 1.90. The first-order chi connectivity index (χ1) is 8.76. The minimum atomic E-state index is -0.586. The van der Waals surface area contributed by atoms with Crippen molar-refractivity contribution in [3.8, 4) is 22.2 Å². The van der Waals surface area contributed by atoms with Crippen LogP contribution in [0.1, 0.15) is 5.56 Å². The summed E-state index contributed by atoms with van der Waals surface area (Å²) in [4.78, 5) is 14.0. The number of carbonyl (C=O) groups is 1. The lowest BCUT2D eigenvalue weighted by Gasteiger charge is -2.10. The van der Waals surface area contributed by atoms with Crippen LogP contribution in [0.3, 0.4) is 0 Å². The van der Waals surface area contributed by atoms with E-state index in [-0.39, 0.29) is 12.6 Å². The van der Waals surface area contributed by atoms with Crippen molar-refractivity contribution >= 4 is 21.9 Å². The molecule has 0 bridgehead atoms. The van der Waals surface area contributed by atoms with E-state index >= 15 is 0 Å². The topological polar surface area (TPSA) is 44.8 Å². The molecule has 1 atom stereocenters. The molecule has 1 unspecified atom stereocenters. The van der Waals surface area contributed by atoms with Gasteiger partial charge in [0.05, 0.1) is 7.11 Å². The Kier molecular flexibility index (Phi) is 4.11. The van der Waals surface area contributed by atoms with Gasteiger partial charge in [-0.2, -0.15) is 0 Å². The van der Waals surface area contributed by atoms with E-state index in [1.807, 2.05) is 12.1 Å². The number of esters is 1. The van der Waals surface area contributed by atoms with Crippen LogP contribution in [0, 0.1) is 10.8 Å². The Balaban J connectivity index is 2.15. The summed E-state index contributed by atoms with van der Waals surface area (Å²) in [6, 6.07) is 5.55. The molecule has 18 heavy (non-hydrogen) atoms. The molecule has 0 fully saturated rings. The van der Waals surface area contributed by atoms with Gasteiger partial charge in [-0.1, -0.05) is 12.1 Å². The molecule has 4 nitrogen and oxygen atoms in total. The van der Waals surface area contributed by atoms with Crippen molar-refractivity contribution in [2.45, 2.75) is 12.5 Å². The first-order valence-corrected chi connectivity index (χ1v) is 6.13. The third kappa shape index (κ3) is 2.59. The Bertz CT molecular complexity index is 515. The highest BCUT2D eigenvalue weighted by Gasteiger charge is 2.31. The maximum absolute atomic E-state index is 11.4. The molecular formula is C13H11BrO4. The fraction of sp³-hybridized carbons (Fsp3) is 0.308. The monoisotopic (exact) mass is 310 g/mol. The smallest absolute Gasteiger partial charge is 0.347 e. The number of para-hydroxylation sites is 1. The van der Waals surface area contributed by atoms with Crippen molar-refractivity contribution < 1.29 is 19.0 Å². The second-order valence-corrected chi connectivity index (χ2v) is 4.03. The summed E-state index contributed by atoms with van der Waals surface area (Å²) in [6.45, 7) is 0.258. The van der Waals surface area contributed by atoms with E-state index in [0.717, 1.165) is 5.56 Å². The second kappa shape index (κ2) is 5.78. The molecule has 0 saturated heterocycles. The van der Waals surface area contributed by atoms with Gasteiger partial charge in [0.2, 0.25) is 0 Å². The summed E-state index contributed by atoms with van der Waals surface area (Å²) < 4.78 is 15.7. The second-order valence-electron chi connectivity index (χ2n) is 3.64. The molecule has 1 aliphatic heterocycles. The SMILES string of the molecule is COC(=O)C1Cc2cccc(OCC#CBr)c2O1. The van der Waals surface area contributed by atoms with Gasteiger partial charge in [-0.05, 0) is 16.8 Å². The summed E-state index contributed by atoms with van der Waals surface area (Å²) in [5.41, 5.74) is 0.940. The largest absolute Gasteiger partial charge is 0.477 e. The molecule has 0 spiro atoms. The first kappa shape index (κ1) is 12.8. The Morgan fingerprint density at radius 3 is 3.17 bits per heavy atom. The van der Waals surface area contributed by atoms with Crippen LogP contribution in [0.15, 0.2) is 18.2 Å². The molecule has 1 heterocycles. The molecule has 1 aliphatic rings. The average Bonchev–Trinajstić information content (AvgIpc) is 2.83. The summed E-state index contributed by atoms with van der Waals surface area (Å²) in [6.07, 6.45) is -0.0828. The Morgan fingerprint density at radius 2 is 2.44 bits per heavy atom. The lowest BCUT2D eigenvalue weighted by molar-refractivity contribution is -0.147. The van der Waals surface area contributed by atoms with Crippen LogP contribution in [-0.4, -0.2) is 25.8 Å². The highest BCUT2D eigenvalue weighted by molar-refractivity contribution is 9.12. The molecule has 0 aliphatic carbocycles. The van der Waals surface area contributed by atoms with E-state index in [4.69, 9.17) is 9.47 Å². The number of methoxy groups -OCH3 is 1. The van der Waals surface area contributed by atoms with E-state index in [9.17, 15) is 4.79 Å². The molecule has 1 aromatic carbocycles. The number of hydrogen-bond acceptors (Lipinski definition) is 4. The zero-order chi connectivity index (χ0) is 13.0. The molecule has 5 heteroatoms. The van der Waals surface area contributed by atoms with Crippen molar-refractivity contribution in [1.29, 1.82) is 0 Å². The fourth-order valence-electron chi connectivity index (χ4n) is 1.76. The zero-order valence-electron chi connectivity index (χ0n) is 9.73. The lowest BCUT2D eigenvalue weighted by atomic mass is 10.1. The van der Waals surface area contributed by atoms with Gasteiger partial charge in [0.15, 0.2) is 17.6 Å². The van der Waals surface area contributed by atoms with Gasteiger partial charge in [-0.15, -0.1) is 0 Å². The molecule has 94 valence electrons. The first-order valence-electron chi connectivity index (χ1n) is 5.34. The molecule has 0 saturated carbocycles. The third-order valence-electron chi connectivity index (χ3n) is 2.56. The molecule has 0 aromatic heterocycles. The minimum absolute atomic E-state index is 0.258. The number of fused-ring (bicyclic) bond motifs is 1. The number of carbonyl (C=O) groups excluding carboxylic acids is 1. The number of rotatable bonds is 3. The molecular weight excluding hydrogens is 300 g/mol. The molecule has 2 rings (SSSR count). The maximum Gasteiger partial charge on any atom is 0.347 e. The zero-order valence-corrected chi connectivity index (χ0v) is 11.3. The van der Waals surface area contributed by atoms with Gasteiger partial charge in [-0.25, -0.2) is 4.79 Å². The standard InChI is InChI=1S/C13H11BrO4/c1-16-13(15)11-8-9-4-2-5-10(12(9)18-11)17-7-3-6-14/h2,4-5,11H,7-8H2,1H3. The lowest BCUT2D eigenvalue weighted by Crippen LogP contribution is -2.26. The Hall–Kier alpha value is -1.67. The van der Waals surface area contributed by atoms with E-state index < -0.39 is 6.10 Å². The highest BCUT2D eigenvalue weighted by atomic mass is 79.9. The maximum atomic E-state index is 11.4. The van der Waals surface area contributed by atoms with Crippen LogP contribution in [0.5, 0.6) is 11.5 Å². The van der Waals surface area contributed by atoms with Gasteiger partial charge in [-0.3, -0.25) is 0 Å². The van der Waals surface area contributed by atoms with Crippen LogP contribution in [0.25, 0.3) is 0 Å². The summed E-state index contributed by atoms with van der Waals surface area (Å²) in [5, 5.41) is 0. The van der Waals surface area contributed by atoms with Crippen molar-refractivity contribution in [3.63, 3.8) is 0 Å². The molecule has 0 radical (unpaired) electrons. The summed E-state index contributed by atoms with van der Waals surface area (Å²) in [5.74, 6) is 3.55. The van der Waals surface area contributed by atoms with E-state index in [1.54, 1.807) is 6.07 Å². The van der Waals surface area contributed by atoms with Crippen LogP contribution >= 0.6 is 15.9 Å². The number of hydrogen-bond donors (Lipinski definition) is 0. The molecule has 0 amide bonds. The van der Waals surface area contributed by atoms with E-state index in [2.05, 4.69) is 31.4 Å². The Labute approximate surface area is 113 Å². The van der Waals surface area contributed by atoms with Crippen LogP contribution in [0.2, 0.25) is 0 Å². The number of benzene rings is 1. The number of halogens is 1. The van der Waals surface area contributed by atoms with Crippen molar-refractivity contribution in [2.75, 3.05) is 13.7 Å². The quantitative estimate of drug-likeness (QED) is 0.632. The van der Waals surface area contributed by atoms with E-state index in [0.29, 0.717) is 17.9 Å². The van der Waals surface area contributed by atoms with E-state index in [1.165, 1.54) is 7.11 Å². The van der Waals surface area contributed by atoms with Crippen molar-refractivity contribution in [1.82, 2.24) is 0 Å². The van der Waals surface area contributed by atoms with Gasteiger partial charge in [0, 0.05) is 27.9 Å². The van der Waals surface area contributed by atoms with Crippen LogP contribution in [0.4, 0.5) is 0 Å². The van der Waals surface area contributed by atoms with Gasteiger partial charge < -0.3 is 14.2 Å². The normalized spacial score (nSPS) is 16.0. The van der Waals surface area contributed by atoms with Crippen molar-refractivity contribution in [2.24, 2.45) is 0 Å². The molecule has 0 N–H and O–H groups in total. The van der Waals surface area contributed by atoms with Gasteiger partial charge in [0.1, 0.15) is 6.61 Å². The average molecular weight is 311 g/mol.